The number of nitrogens with zero attached hydrogens (tertiary/aromatic N) is 1. The van der Waals surface area contributed by atoms with Crippen molar-refractivity contribution in [2.24, 2.45) is 23.5 Å². The van der Waals surface area contributed by atoms with Gasteiger partial charge in [0.25, 0.3) is 0 Å². The largest absolute Gasteiger partial charge is 0.330 e. The summed E-state index contributed by atoms with van der Waals surface area (Å²) in [5, 5.41) is 0. The van der Waals surface area contributed by atoms with Gasteiger partial charge in [-0.05, 0) is 43.7 Å². The van der Waals surface area contributed by atoms with Crippen LogP contribution >= 0.6 is 0 Å². The molecule has 1 aliphatic rings. The summed E-state index contributed by atoms with van der Waals surface area (Å²) in [6.07, 6.45) is 4.15. The van der Waals surface area contributed by atoms with Gasteiger partial charge in [-0.3, -0.25) is 0 Å². The fourth-order valence-electron chi connectivity index (χ4n) is 2.61. The van der Waals surface area contributed by atoms with Crippen molar-refractivity contribution >= 4 is 0 Å². The molecule has 0 aromatic carbocycles. The Labute approximate surface area is 95.2 Å². The van der Waals surface area contributed by atoms with Crippen LogP contribution in [0.25, 0.3) is 0 Å². The molecule has 2 atom stereocenters. The van der Waals surface area contributed by atoms with Crippen LogP contribution in [0.3, 0.4) is 0 Å². The first-order valence-electron chi connectivity index (χ1n) is 6.59. The number of rotatable bonds is 6. The van der Waals surface area contributed by atoms with Gasteiger partial charge in [-0.15, -0.1) is 0 Å². The second-order valence-electron chi connectivity index (χ2n) is 5.44. The van der Waals surface area contributed by atoms with Gasteiger partial charge in [-0.1, -0.05) is 27.2 Å². The molecule has 2 nitrogen and oxygen atoms in total. The zero-order valence-corrected chi connectivity index (χ0v) is 10.7. The first-order chi connectivity index (χ1) is 7.17. The summed E-state index contributed by atoms with van der Waals surface area (Å²) >= 11 is 0. The molecular weight excluding hydrogens is 184 g/mol. The highest BCUT2D eigenvalue weighted by Crippen LogP contribution is 2.22. The monoisotopic (exact) mass is 212 g/mol. The molecule has 0 radical (unpaired) electrons. The summed E-state index contributed by atoms with van der Waals surface area (Å²) in [5.74, 6) is 2.37. The van der Waals surface area contributed by atoms with Gasteiger partial charge in [-0.25, -0.2) is 0 Å². The van der Waals surface area contributed by atoms with Crippen molar-refractivity contribution in [3.05, 3.63) is 0 Å². The summed E-state index contributed by atoms with van der Waals surface area (Å²) in [6.45, 7) is 11.5. The van der Waals surface area contributed by atoms with Crippen LogP contribution in [0, 0.1) is 17.8 Å². The Hall–Kier alpha value is -0.0800. The standard InChI is InChI=1S/C13H28N2/c1-4-5-12-6-7-15(9-12)10-13(8-14)11(2)3/h11-13H,4-10,14H2,1-3H3. The number of hydrogen-bond acceptors (Lipinski definition) is 2. The quantitative estimate of drug-likeness (QED) is 0.732. The van der Waals surface area contributed by atoms with E-state index in [0.29, 0.717) is 5.92 Å². The number of nitrogens with two attached hydrogens (primary N) is 1. The Morgan fingerprint density at radius 3 is 2.67 bits per heavy atom. The van der Waals surface area contributed by atoms with Crippen LogP contribution in [0.1, 0.15) is 40.0 Å². The zero-order valence-electron chi connectivity index (χ0n) is 10.7. The molecule has 0 aromatic rings. The number of hydrogen-bond donors (Lipinski definition) is 1. The minimum atomic E-state index is 0.686. The lowest BCUT2D eigenvalue weighted by Crippen LogP contribution is -2.34. The molecule has 0 saturated carbocycles. The Morgan fingerprint density at radius 1 is 1.40 bits per heavy atom. The van der Waals surface area contributed by atoms with Crippen molar-refractivity contribution in [3.8, 4) is 0 Å². The van der Waals surface area contributed by atoms with E-state index in [4.69, 9.17) is 5.73 Å². The van der Waals surface area contributed by atoms with Gasteiger partial charge in [0.2, 0.25) is 0 Å². The lowest BCUT2D eigenvalue weighted by Gasteiger charge is -2.25. The highest BCUT2D eigenvalue weighted by molar-refractivity contribution is 4.78. The molecular formula is C13H28N2. The van der Waals surface area contributed by atoms with Crippen molar-refractivity contribution in [1.29, 1.82) is 0 Å². The molecule has 1 rings (SSSR count). The molecule has 1 saturated heterocycles. The molecule has 1 fully saturated rings. The minimum Gasteiger partial charge on any atom is -0.330 e. The first-order valence-corrected chi connectivity index (χ1v) is 6.59. The van der Waals surface area contributed by atoms with E-state index in [9.17, 15) is 0 Å². The molecule has 0 aromatic heterocycles. The lowest BCUT2D eigenvalue weighted by molar-refractivity contribution is 0.233. The molecule has 2 N–H and O–H groups in total. The van der Waals surface area contributed by atoms with Crippen molar-refractivity contribution < 1.29 is 0 Å². The van der Waals surface area contributed by atoms with Gasteiger partial charge in [0.15, 0.2) is 0 Å². The van der Waals surface area contributed by atoms with Gasteiger partial charge < -0.3 is 10.6 Å². The summed E-state index contributed by atoms with van der Waals surface area (Å²) in [6, 6.07) is 0. The fraction of sp³-hybridized carbons (Fsp3) is 1.00. The summed E-state index contributed by atoms with van der Waals surface area (Å²) in [7, 11) is 0. The van der Waals surface area contributed by atoms with E-state index in [1.54, 1.807) is 0 Å². The third-order valence-corrected chi connectivity index (χ3v) is 3.81. The van der Waals surface area contributed by atoms with Crippen LogP contribution in [0.5, 0.6) is 0 Å². The molecule has 1 aliphatic heterocycles. The average molecular weight is 212 g/mol. The van der Waals surface area contributed by atoms with Gasteiger partial charge >= 0.3 is 0 Å². The first kappa shape index (κ1) is 13.0. The molecule has 15 heavy (non-hydrogen) atoms. The van der Waals surface area contributed by atoms with Crippen LogP contribution in [-0.4, -0.2) is 31.1 Å². The van der Waals surface area contributed by atoms with E-state index in [0.717, 1.165) is 18.4 Å². The highest BCUT2D eigenvalue weighted by Gasteiger charge is 2.24. The van der Waals surface area contributed by atoms with E-state index in [1.807, 2.05) is 0 Å². The smallest absolute Gasteiger partial charge is 0.00243 e. The SMILES string of the molecule is CCCC1CCN(CC(CN)C(C)C)C1. The summed E-state index contributed by atoms with van der Waals surface area (Å²) in [5.41, 5.74) is 5.82. The third kappa shape index (κ3) is 4.12. The maximum absolute atomic E-state index is 5.82. The highest BCUT2D eigenvalue weighted by atomic mass is 15.1. The van der Waals surface area contributed by atoms with Crippen LogP contribution in [0.4, 0.5) is 0 Å². The zero-order chi connectivity index (χ0) is 11.3. The topological polar surface area (TPSA) is 29.3 Å². The third-order valence-electron chi connectivity index (χ3n) is 3.81. The Kier molecular flexibility index (Phi) is 5.62. The van der Waals surface area contributed by atoms with Gasteiger partial charge in [0.05, 0.1) is 0 Å². The van der Waals surface area contributed by atoms with E-state index < -0.39 is 0 Å². The van der Waals surface area contributed by atoms with Crippen LogP contribution in [-0.2, 0) is 0 Å². The predicted molar refractivity (Wildman–Crippen MR) is 66.8 cm³/mol. The Balaban J connectivity index is 2.28. The van der Waals surface area contributed by atoms with Gasteiger partial charge in [-0.2, -0.15) is 0 Å². The van der Waals surface area contributed by atoms with Gasteiger partial charge in [0, 0.05) is 13.1 Å². The van der Waals surface area contributed by atoms with Crippen molar-refractivity contribution in [2.75, 3.05) is 26.2 Å². The molecule has 2 heteroatoms. The second kappa shape index (κ2) is 6.49. The second-order valence-corrected chi connectivity index (χ2v) is 5.44. The van der Waals surface area contributed by atoms with Crippen LogP contribution in [0.2, 0.25) is 0 Å². The minimum absolute atomic E-state index is 0.686. The van der Waals surface area contributed by atoms with E-state index >= 15 is 0 Å². The van der Waals surface area contributed by atoms with Crippen molar-refractivity contribution in [1.82, 2.24) is 4.90 Å². The van der Waals surface area contributed by atoms with Gasteiger partial charge in [0.1, 0.15) is 0 Å². The molecule has 0 bridgehead atoms. The Bertz CT molecular complexity index is 168. The predicted octanol–water partition coefficient (Wildman–Crippen LogP) is 2.34. The maximum Gasteiger partial charge on any atom is 0.00243 e. The molecule has 1 heterocycles. The fourth-order valence-corrected chi connectivity index (χ4v) is 2.61. The van der Waals surface area contributed by atoms with Crippen LogP contribution < -0.4 is 5.73 Å². The summed E-state index contributed by atoms with van der Waals surface area (Å²) in [4.78, 5) is 2.62. The Morgan fingerprint density at radius 2 is 2.13 bits per heavy atom. The molecule has 2 unspecified atom stereocenters. The summed E-state index contributed by atoms with van der Waals surface area (Å²) < 4.78 is 0. The van der Waals surface area contributed by atoms with Crippen molar-refractivity contribution in [3.63, 3.8) is 0 Å². The normalized spacial score (nSPS) is 25.0. The van der Waals surface area contributed by atoms with E-state index in [2.05, 4.69) is 25.7 Å². The van der Waals surface area contributed by atoms with Crippen molar-refractivity contribution in [2.45, 2.75) is 40.0 Å². The van der Waals surface area contributed by atoms with E-state index in [-0.39, 0.29) is 0 Å². The molecule has 0 spiro atoms. The van der Waals surface area contributed by atoms with Crippen LogP contribution in [0.15, 0.2) is 0 Å². The average Bonchev–Trinajstić information content (AvgIpc) is 2.62. The lowest BCUT2D eigenvalue weighted by atomic mass is 9.95. The molecule has 90 valence electrons. The molecule has 0 aliphatic carbocycles. The maximum atomic E-state index is 5.82. The number of likely N-dealkylation sites (tertiary alicyclic amines) is 1. The molecule has 0 amide bonds. The van der Waals surface area contributed by atoms with E-state index in [1.165, 1.54) is 38.9 Å².